The quantitative estimate of drug-likeness (QED) is 0.919. The highest BCUT2D eigenvalue weighted by Gasteiger charge is 2.16. The van der Waals surface area contributed by atoms with Crippen LogP contribution in [0.15, 0.2) is 27.6 Å². The highest BCUT2D eigenvalue weighted by atomic mass is 79.9. The molecule has 1 saturated heterocycles. The zero-order valence-electron chi connectivity index (χ0n) is 10.0. The van der Waals surface area contributed by atoms with Crippen molar-refractivity contribution in [1.82, 2.24) is 5.32 Å². The minimum atomic E-state index is 0.709. The number of hydrogen-bond acceptors (Lipinski definition) is 3. The minimum absolute atomic E-state index is 0.709. The van der Waals surface area contributed by atoms with Crippen molar-refractivity contribution in [3.63, 3.8) is 0 Å². The second kappa shape index (κ2) is 6.78. The molecule has 1 aromatic rings. The highest BCUT2D eigenvalue weighted by molar-refractivity contribution is 9.10. The summed E-state index contributed by atoms with van der Waals surface area (Å²) in [6.45, 7) is 2.75. The molecule has 1 aliphatic heterocycles. The normalized spacial score (nSPS) is 17.3. The largest absolute Gasteiger partial charge is 0.381 e. The molecule has 1 N–H and O–H groups in total. The fourth-order valence-corrected chi connectivity index (χ4v) is 3.59. The van der Waals surface area contributed by atoms with Gasteiger partial charge in [-0.15, -0.1) is 11.8 Å². The molecule has 0 saturated carbocycles. The lowest BCUT2D eigenvalue weighted by atomic mass is 10.2. The second-order valence-corrected chi connectivity index (χ2v) is 6.47. The number of benzene rings is 1. The maximum Gasteiger partial charge on any atom is 0.0476 e. The third-order valence-corrected chi connectivity index (χ3v) is 4.80. The predicted octanol–water partition coefficient (Wildman–Crippen LogP) is 3.44. The fraction of sp³-hybridized carbons (Fsp3) is 0.538. The van der Waals surface area contributed by atoms with E-state index >= 15 is 0 Å². The molecule has 1 aromatic carbocycles. The van der Waals surface area contributed by atoms with Gasteiger partial charge in [0.05, 0.1) is 0 Å². The molecule has 0 unspecified atom stereocenters. The van der Waals surface area contributed by atoms with Gasteiger partial charge in [0.25, 0.3) is 0 Å². The molecule has 0 atom stereocenters. The number of ether oxygens (including phenoxy) is 1. The first-order chi connectivity index (χ1) is 8.29. The van der Waals surface area contributed by atoms with Crippen LogP contribution in [-0.4, -0.2) is 25.5 Å². The van der Waals surface area contributed by atoms with E-state index in [4.69, 9.17) is 4.74 Å². The smallest absolute Gasteiger partial charge is 0.0476 e. The Labute approximate surface area is 116 Å². The molecule has 4 heteroatoms. The van der Waals surface area contributed by atoms with Crippen LogP contribution in [0.3, 0.4) is 0 Å². The van der Waals surface area contributed by atoms with Crippen molar-refractivity contribution in [1.29, 1.82) is 0 Å². The summed E-state index contributed by atoms with van der Waals surface area (Å²) in [7, 11) is 1.99. The van der Waals surface area contributed by atoms with E-state index in [1.165, 1.54) is 23.3 Å². The number of hydrogen-bond donors (Lipinski definition) is 1. The van der Waals surface area contributed by atoms with Crippen molar-refractivity contribution in [2.45, 2.75) is 29.5 Å². The monoisotopic (exact) mass is 315 g/mol. The van der Waals surface area contributed by atoms with Crippen molar-refractivity contribution in [2.24, 2.45) is 0 Å². The molecule has 2 rings (SSSR count). The van der Waals surface area contributed by atoms with Crippen molar-refractivity contribution >= 4 is 27.7 Å². The summed E-state index contributed by atoms with van der Waals surface area (Å²) >= 11 is 5.53. The number of thioether (sulfide) groups is 1. The van der Waals surface area contributed by atoms with Gasteiger partial charge in [-0.1, -0.05) is 15.9 Å². The van der Waals surface area contributed by atoms with Gasteiger partial charge in [-0.2, -0.15) is 0 Å². The van der Waals surface area contributed by atoms with E-state index in [0.717, 1.165) is 24.2 Å². The van der Waals surface area contributed by atoms with Crippen molar-refractivity contribution < 1.29 is 4.74 Å². The first-order valence-corrected chi connectivity index (χ1v) is 7.64. The molecule has 1 aliphatic rings. The number of rotatable bonds is 4. The summed E-state index contributed by atoms with van der Waals surface area (Å²) in [4.78, 5) is 1.40. The zero-order chi connectivity index (χ0) is 12.1. The number of halogens is 1. The lowest BCUT2D eigenvalue weighted by Gasteiger charge is -2.22. The molecule has 0 aliphatic carbocycles. The molecule has 0 radical (unpaired) electrons. The summed E-state index contributed by atoms with van der Waals surface area (Å²) in [6.07, 6.45) is 2.33. The van der Waals surface area contributed by atoms with Crippen LogP contribution in [0.5, 0.6) is 0 Å². The summed E-state index contributed by atoms with van der Waals surface area (Å²) in [6, 6.07) is 6.55. The molecule has 0 amide bonds. The Morgan fingerprint density at radius 3 is 2.88 bits per heavy atom. The molecule has 17 heavy (non-hydrogen) atoms. The third kappa shape index (κ3) is 3.98. The fourth-order valence-electron chi connectivity index (χ4n) is 1.96. The lowest BCUT2D eigenvalue weighted by molar-refractivity contribution is 0.1000. The van der Waals surface area contributed by atoms with Gasteiger partial charge in [-0.05, 0) is 43.7 Å². The molecule has 1 heterocycles. The molecule has 1 fully saturated rings. The maximum atomic E-state index is 5.40. The van der Waals surface area contributed by atoms with E-state index < -0.39 is 0 Å². The van der Waals surface area contributed by atoms with Gasteiger partial charge in [0, 0.05) is 34.4 Å². The van der Waals surface area contributed by atoms with Crippen LogP contribution >= 0.6 is 27.7 Å². The Bertz CT molecular complexity index is 366. The van der Waals surface area contributed by atoms with E-state index in [1.54, 1.807) is 0 Å². The molecular weight excluding hydrogens is 298 g/mol. The lowest BCUT2D eigenvalue weighted by Crippen LogP contribution is -2.17. The summed E-state index contributed by atoms with van der Waals surface area (Å²) in [5.74, 6) is 0. The predicted molar refractivity (Wildman–Crippen MR) is 76.6 cm³/mol. The standard InChI is InChI=1S/C13H18BrNOS/c1-15-9-10-8-11(14)2-3-13(10)17-12-4-6-16-7-5-12/h2-3,8,12,15H,4-7,9H2,1H3. The Morgan fingerprint density at radius 1 is 1.41 bits per heavy atom. The molecular formula is C13H18BrNOS. The Hall–Kier alpha value is -0.0300. The van der Waals surface area contributed by atoms with Crippen LogP contribution in [0.25, 0.3) is 0 Å². The van der Waals surface area contributed by atoms with Gasteiger partial charge >= 0.3 is 0 Å². The third-order valence-electron chi connectivity index (χ3n) is 2.85. The van der Waals surface area contributed by atoms with Crippen molar-refractivity contribution in [2.75, 3.05) is 20.3 Å². The number of nitrogens with one attached hydrogen (secondary N) is 1. The van der Waals surface area contributed by atoms with Crippen LogP contribution in [-0.2, 0) is 11.3 Å². The topological polar surface area (TPSA) is 21.3 Å². The Kier molecular flexibility index (Phi) is 5.35. The van der Waals surface area contributed by atoms with E-state index in [0.29, 0.717) is 5.25 Å². The molecule has 2 nitrogen and oxygen atoms in total. The van der Waals surface area contributed by atoms with Gasteiger partial charge in [0.15, 0.2) is 0 Å². The summed E-state index contributed by atoms with van der Waals surface area (Å²) in [5.41, 5.74) is 1.37. The van der Waals surface area contributed by atoms with Crippen molar-refractivity contribution in [3.05, 3.63) is 28.2 Å². The average molecular weight is 316 g/mol. The first kappa shape index (κ1) is 13.4. The summed E-state index contributed by atoms with van der Waals surface area (Å²) in [5, 5.41) is 3.94. The first-order valence-electron chi connectivity index (χ1n) is 5.97. The minimum Gasteiger partial charge on any atom is -0.381 e. The van der Waals surface area contributed by atoms with Crippen LogP contribution in [0, 0.1) is 0 Å². The molecule has 0 spiro atoms. The highest BCUT2D eigenvalue weighted by Crippen LogP contribution is 2.33. The Balaban J connectivity index is 2.07. The van der Waals surface area contributed by atoms with Crippen LogP contribution in [0.1, 0.15) is 18.4 Å². The second-order valence-electron chi connectivity index (χ2n) is 4.21. The zero-order valence-corrected chi connectivity index (χ0v) is 12.4. The van der Waals surface area contributed by atoms with E-state index in [9.17, 15) is 0 Å². The van der Waals surface area contributed by atoms with Crippen molar-refractivity contribution in [3.8, 4) is 0 Å². The van der Waals surface area contributed by atoms with Crippen LogP contribution in [0.4, 0.5) is 0 Å². The van der Waals surface area contributed by atoms with E-state index in [1.807, 2.05) is 18.8 Å². The molecule has 0 bridgehead atoms. The van der Waals surface area contributed by atoms with E-state index in [-0.39, 0.29) is 0 Å². The van der Waals surface area contributed by atoms with Gasteiger partial charge in [0.2, 0.25) is 0 Å². The Morgan fingerprint density at radius 2 is 2.18 bits per heavy atom. The molecule has 94 valence electrons. The van der Waals surface area contributed by atoms with Gasteiger partial charge in [0.1, 0.15) is 0 Å². The van der Waals surface area contributed by atoms with E-state index in [2.05, 4.69) is 39.4 Å². The SMILES string of the molecule is CNCc1cc(Br)ccc1SC1CCOCC1. The van der Waals surface area contributed by atoms with Gasteiger partial charge < -0.3 is 10.1 Å². The molecule has 0 aromatic heterocycles. The van der Waals surface area contributed by atoms with Gasteiger partial charge in [-0.25, -0.2) is 0 Å². The van der Waals surface area contributed by atoms with Gasteiger partial charge in [-0.3, -0.25) is 0 Å². The van der Waals surface area contributed by atoms with Crippen LogP contribution in [0.2, 0.25) is 0 Å². The maximum absolute atomic E-state index is 5.40. The average Bonchev–Trinajstić information content (AvgIpc) is 2.34. The van der Waals surface area contributed by atoms with Crippen LogP contribution < -0.4 is 5.32 Å². The summed E-state index contributed by atoms with van der Waals surface area (Å²) < 4.78 is 6.55.